The average molecular weight is 281 g/mol. The normalized spacial score (nSPS) is 32.8. The number of hydrogen-bond acceptors (Lipinski definition) is 4. The van der Waals surface area contributed by atoms with Crippen LogP contribution in [0.4, 0.5) is 0 Å². The van der Waals surface area contributed by atoms with Gasteiger partial charge in [-0.1, -0.05) is 6.92 Å². The monoisotopic (exact) mass is 281 g/mol. The molecule has 106 valence electrons. The molecule has 2 fully saturated rings. The third-order valence-electron chi connectivity index (χ3n) is 4.57. The first kappa shape index (κ1) is 13.6. The van der Waals surface area contributed by atoms with Crippen LogP contribution >= 0.6 is 11.3 Å². The van der Waals surface area contributed by atoms with Crippen molar-refractivity contribution in [2.75, 3.05) is 19.8 Å². The predicted molar refractivity (Wildman–Crippen MR) is 77.5 cm³/mol. The molecule has 2 aliphatic heterocycles. The first-order valence-corrected chi connectivity index (χ1v) is 8.15. The van der Waals surface area contributed by atoms with Crippen LogP contribution in [0, 0.1) is 5.92 Å². The highest BCUT2D eigenvalue weighted by Gasteiger charge is 2.42. The van der Waals surface area contributed by atoms with Gasteiger partial charge in [-0.25, -0.2) is 0 Å². The number of hydrogen-bond donors (Lipinski definition) is 1. The summed E-state index contributed by atoms with van der Waals surface area (Å²) < 4.78 is 11.5. The van der Waals surface area contributed by atoms with Gasteiger partial charge in [0.1, 0.15) is 0 Å². The van der Waals surface area contributed by atoms with Gasteiger partial charge in [0.2, 0.25) is 0 Å². The van der Waals surface area contributed by atoms with Crippen molar-refractivity contribution in [1.82, 2.24) is 0 Å². The van der Waals surface area contributed by atoms with E-state index in [4.69, 9.17) is 15.2 Å². The van der Waals surface area contributed by atoms with Crippen molar-refractivity contribution in [3.63, 3.8) is 0 Å². The Bertz CT molecular complexity index is 426. The van der Waals surface area contributed by atoms with Crippen LogP contribution < -0.4 is 5.73 Å². The minimum Gasteiger partial charge on any atom is -0.378 e. The Balaban J connectivity index is 1.74. The Labute approximate surface area is 119 Å². The lowest BCUT2D eigenvalue weighted by molar-refractivity contribution is -0.101. The quantitative estimate of drug-likeness (QED) is 0.926. The molecule has 2 N–H and O–H groups in total. The molecule has 3 atom stereocenters. The maximum Gasteiger partial charge on any atom is 0.0940 e. The molecule has 2 saturated heterocycles. The van der Waals surface area contributed by atoms with E-state index in [9.17, 15) is 0 Å². The lowest BCUT2D eigenvalue weighted by Crippen LogP contribution is -2.43. The van der Waals surface area contributed by atoms with Crippen LogP contribution in [-0.2, 0) is 15.9 Å². The van der Waals surface area contributed by atoms with E-state index in [2.05, 4.69) is 18.4 Å². The van der Waals surface area contributed by atoms with E-state index < -0.39 is 0 Å². The van der Waals surface area contributed by atoms with Gasteiger partial charge in [0.05, 0.1) is 12.2 Å². The maximum absolute atomic E-state index is 6.56. The molecular weight excluding hydrogens is 258 g/mol. The summed E-state index contributed by atoms with van der Waals surface area (Å²) in [4.78, 5) is 1.38. The van der Waals surface area contributed by atoms with Crippen LogP contribution in [0.1, 0.15) is 42.7 Å². The summed E-state index contributed by atoms with van der Waals surface area (Å²) in [5.41, 5.74) is 7.94. The second kappa shape index (κ2) is 5.52. The van der Waals surface area contributed by atoms with Gasteiger partial charge in [0.25, 0.3) is 0 Å². The molecule has 3 rings (SSSR count). The lowest BCUT2D eigenvalue weighted by Gasteiger charge is -2.39. The number of thiophene rings is 1. The molecule has 0 bridgehead atoms. The molecule has 3 nitrogen and oxygen atoms in total. The van der Waals surface area contributed by atoms with Crippen molar-refractivity contribution in [1.29, 1.82) is 0 Å². The highest BCUT2D eigenvalue weighted by atomic mass is 32.1. The van der Waals surface area contributed by atoms with E-state index in [1.165, 1.54) is 10.4 Å². The summed E-state index contributed by atoms with van der Waals surface area (Å²) in [6, 6.07) is 2.38. The van der Waals surface area contributed by atoms with Gasteiger partial charge in [-0.3, -0.25) is 0 Å². The number of aryl methyl sites for hydroxylation is 1. The number of ether oxygens (including phenoxy) is 2. The van der Waals surface area contributed by atoms with Gasteiger partial charge in [0, 0.05) is 30.6 Å². The standard InChI is InChI=1S/C15H23NO2S/c1-2-11-4-8-19-14(11)13(16)12-3-6-18-15(9-12)5-7-17-10-15/h4,8,12-13H,2-3,5-7,9-10,16H2,1H3. The highest BCUT2D eigenvalue weighted by molar-refractivity contribution is 7.10. The molecule has 2 aliphatic rings. The second-order valence-corrected chi connectivity index (χ2v) is 6.72. The fourth-order valence-electron chi connectivity index (χ4n) is 3.38. The fourth-order valence-corrected chi connectivity index (χ4v) is 4.47. The number of rotatable bonds is 3. The molecule has 1 spiro atoms. The van der Waals surface area contributed by atoms with Crippen LogP contribution in [0.15, 0.2) is 11.4 Å². The zero-order valence-corrected chi connectivity index (χ0v) is 12.4. The summed E-state index contributed by atoms with van der Waals surface area (Å²) in [7, 11) is 0. The molecule has 3 heterocycles. The molecule has 3 unspecified atom stereocenters. The molecule has 1 aromatic rings. The van der Waals surface area contributed by atoms with Crippen LogP contribution in [0.2, 0.25) is 0 Å². The summed E-state index contributed by atoms with van der Waals surface area (Å²) in [6.07, 6.45) is 4.23. The van der Waals surface area contributed by atoms with Crippen LogP contribution in [0.25, 0.3) is 0 Å². The maximum atomic E-state index is 6.56. The largest absolute Gasteiger partial charge is 0.378 e. The van der Waals surface area contributed by atoms with Gasteiger partial charge >= 0.3 is 0 Å². The summed E-state index contributed by atoms with van der Waals surface area (Å²) >= 11 is 1.81. The van der Waals surface area contributed by atoms with Crippen LogP contribution in [-0.4, -0.2) is 25.4 Å². The van der Waals surface area contributed by atoms with Crippen molar-refractivity contribution in [3.8, 4) is 0 Å². The molecule has 0 aliphatic carbocycles. The van der Waals surface area contributed by atoms with Crippen molar-refractivity contribution in [2.45, 2.75) is 44.2 Å². The zero-order chi connectivity index (χ0) is 13.3. The second-order valence-electron chi connectivity index (χ2n) is 5.78. The first-order valence-electron chi connectivity index (χ1n) is 7.28. The van der Waals surface area contributed by atoms with Crippen molar-refractivity contribution in [2.24, 2.45) is 11.7 Å². The van der Waals surface area contributed by atoms with Gasteiger partial charge in [-0.05, 0) is 42.2 Å². The van der Waals surface area contributed by atoms with Crippen molar-refractivity contribution < 1.29 is 9.47 Å². The first-order chi connectivity index (χ1) is 9.24. The molecule has 1 aromatic heterocycles. The molecule has 4 heteroatoms. The number of nitrogens with two attached hydrogens (primary N) is 1. The Morgan fingerprint density at radius 1 is 1.53 bits per heavy atom. The molecule has 0 radical (unpaired) electrons. The van der Waals surface area contributed by atoms with E-state index in [0.717, 1.165) is 45.5 Å². The average Bonchev–Trinajstić information content (AvgIpc) is 3.07. The van der Waals surface area contributed by atoms with Gasteiger partial charge in [0.15, 0.2) is 0 Å². The minimum absolute atomic E-state index is 0.0375. The minimum atomic E-state index is -0.0375. The Kier molecular flexibility index (Phi) is 3.94. The van der Waals surface area contributed by atoms with E-state index >= 15 is 0 Å². The van der Waals surface area contributed by atoms with E-state index in [-0.39, 0.29) is 11.6 Å². The molecule has 0 amide bonds. The molecule has 0 saturated carbocycles. The van der Waals surface area contributed by atoms with Crippen LogP contribution in [0.5, 0.6) is 0 Å². The Hall–Kier alpha value is -0.420. The van der Waals surface area contributed by atoms with E-state index in [1.54, 1.807) is 0 Å². The van der Waals surface area contributed by atoms with Crippen molar-refractivity contribution >= 4 is 11.3 Å². The summed E-state index contributed by atoms with van der Waals surface area (Å²) in [5, 5.41) is 2.17. The summed E-state index contributed by atoms with van der Waals surface area (Å²) in [5.74, 6) is 0.527. The Morgan fingerprint density at radius 3 is 3.16 bits per heavy atom. The van der Waals surface area contributed by atoms with Gasteiger partial charge in [-0.2, -0.15) is 0 Å². The fraction of sp³-hybridized carbons (Fsp3) is 0.733. The smallest absolute Gasteiger partial charge is 0.0940 e. The highest BCUT2D eigenvalue weighted by Crippen LogP contribution is 2.41. The Morgan fingerprint density at radius 2 is 2.42 bits per heavy atom. The van der Waals surface area contributed by atoms with Crippen LogP contribution in [0.3, 0.4) is 0 Å². The summed E-state index contributed by atoms with van der Waals surface area (Å²) in [6.45, 7) is 4.62. The zero-order valence-electron chi connectivity index (χ0n) is 11.6. The SMILES string of the molecule is CCc1ccsc1C(N)C1CCOC2(CCOC2)C1. The van der Waals surface area contributed by atoms with E-state index in [0.29, 0.717) is 5.92 Å². The topological polar surface area (TPSA) is 44.5 Å². The van der Waals surface area contributed by atoms with Gasteiger partial charge in [-0.15, -0.1) is 11.3 Å². The third-order valence-corrected chi connectivity index (χ3v) is 5.63. The molecule has 19 heavy (non-hydrogen) atoms. The van der Waals surface area contributed by atoms with Crippen molar-refractivity contribution in [3.05, 3.63) is 21.9 Å². The van der Waals surface area contributed by atoms with Gasteiger partial charge < -0.3 is 15.2 Å². The lowest BCUT2D eigenvalue weighted by atomic mass is 9.80. The van der Waals surface area contributed by atoms with E-state index in [1.807, 2.05) is 11.3 Å². The predicted octanol–water partition coefficient (Wildman–Crippen LogP) is 2.90. The molecular formula is C15H23NO2S. The third kappa shape index (κ3) is 2.59. The molecule has 0 aromatic carbocycles.